The molecule has 1 fully saturated rings. The van der Waals surface area contributed by atoms with Crippen LogP contribution in [0.4, 0.5) is 5.69 Å². The maximum absolute atomic E-state index is 13.0. The average Bonchev–Trinajstić information content (AvgIpc) is 3.26. The number of rotatable bonds is 3. The third kappa shape index (κ3) is 3.35. The average molecular weight is 402 g/mol. The monoisotopic (exact) mass is 402 g/mol. The number of carbonyl (C=O) groups is 4. The Morgan fingerprint density at radius 3 is 2.11 bits per heavy atom. The Morgan fingerprint density at radius 2 is 1.50 bits per heavy atom. The molecule has 0 radical (unpaired) electrons. The van der Waals surface area contributed by atoms with Crippen LogP contribution < -0.4 is 61.4 Å². The largest absolute Gasteiger partial charge is 1.00 e. The van der Waals surface area contributed by atoms with E-state index < -0.39 is 29.7 Å². The second-order valence-electron chi connectivity index (χ2n) is 6.48. The van der Waals surface area contributed by atoms with Crippen molar-refractivity contribution < 1.29 is 75.7 Å². The predicted molar refractivity (Wildman–Crippen MR) is 93.1 cm³/mol. The number of hydrogen-bond acceptors (Lipinski definition) is 5. The summed E-state index contributed by atoms with van der Waals surface area (Å²) >= 11 is 0. The summed E-state index contributed by atoms with van der Waals surface area (Å²) in [4.78, 5) is 52.0. The molecule has 0 aliphatic carbocycles. The van der Waals surface area contributed by atoms with Crippen LogP contribution in [-0.2, 0) is 4.79 Å². The van der Waals surface area contributed by atoms with Gasteiger partial charge in [-0.25, -0.2) is 4.90 Å². The Bertz CT molecular complexity index is 955. The van der Waals surface area contributed by atoms with Gasteiger partial charge in [0.25, 0.3) is 17.7 Å². The molecule has 0 N–H and O–H groups in total. The van der Waals surface area contributed by atoms with Crippen LogP contribution in [0.2, 0.25) is 0 Å². The number of anilines is 1. The molecular formula is C20H15KN2O5. The quantitative estimate of drug-likeness (QED) is 0.431. The van der Waals surface area contributed by atoms with E-state index in [0.717, 1.165) is 4.90 Å². The molecule has 0 saturated carbocycles. The summed E-state index contributed by atoms with van der Waals surface area (Å²) in [6, 6.07) is 11.7. The van der Waals surface area contributed by atoms with Crippen LogP contribution in [0.5, 0.6) is 0 Å². The maximum Gasteiger partial charge on any atom is 1.00 e. The van der Waals surface area contributed by atoms with Gasteiger partial charge in [0.1, 0.15) is 0 Å². The van der Waals surface area contributed by atoms with E-state index in [1.165, 1.54) is 17.0 Å². The van der Waals surface area contributed by atoms with Crippen LogP contribution in [0.15, 0.2) is 48.5 Å². The molecular weight excluding hydrogens is 387 g/mol. The van der Waals surface area contributed by atoms with Gasteiger partial charge < -0.3 is 14.8 Å². The molecule has 1 atom stereocenters. The first-order valence-electron chi connectivity index (χ1n) is 8.59. The van der Waals surface area contributed by atoms with E-state index in [1.54, 1.807) is 36.4 Å². The first-order chi connectivity index (χ1) is 13.0. The van der Waals surface area contributed by atoms with Crippen molar-refractivity contribution in [2.75, 3.05) is 11.4 Å². The number of carboxylic acids is 1. The van der Waals surface area contributed by atoms with Gasteiger partial charge in [0.15, 0.2) is 0 Å². The number of nitrogens with zero attached hydrogens (tertiary/aromatic N) is 2. The molecule has 136 valence electrons. The Morgan fingerprint density at radius 1 is 0.929 bits per heavy atom. The van der Waals surface area contributed by atoms with Crippen molar-refractivity contribution in [1.82, 2.24) is 4.90 Å². The Labute approximate surface area is 203 Å². The molecule has 4 rings (SSSR count). The fourth-order valence-electron chi connectivity index (χ4n) is 3.67. The molecule has 7 nitrogen and oxygen atoms in total. The smallest absolute Gasteiger partial charge is 0.548 e. The van der Waals surface area contributed by atoms with Crippen molar-refractivity contribution in [3.8, 4) is 0 Å². The minimum absolute atomic E-state index is 0. The van der Waals surface area contributed by atoms with Crippen LogP contribution in [0, 0.1) is 0 Å². The van der Waals surface area contributed by atoms with Gasteiger partial charge >= 0.3 is 51.4 Å². The van der Waals surface area contributed by atoms with Gasteiger partial charge in [0.05, 0.1) is 34.4 Å². The molecule has 28 heavy (non-hydrogen) atoms. The van der Waals surface area contributed by atoms with E-state index in [9.17, 15) is 24.3 Å². The number of hydrogen-bond donors (Lipinski definition) is 0. The minimum atomic E-state index is -1.31. The SMILES string of the molecule is O=C([O-])[C@@H]1CCCN1C(=O)c1ccccc1N1C(=O)c2ccccc2C1=O.[K+]. The van der Waals surface area contributed by atoms with E-state index in [0.29, 0.717) is 12.8 Å². The molecule has 0 bridgehead atoms. The van der Waals surface area contributed by atoms with E-state index in [4.69, 9.17) is 0 Å². The van der Waals surface area contributed by atoms with E-state index >= 15 is 0 Å². The number of carboxylic acid groups (broad SMARTS) is 1. The van der Waals surface area contributed by atoms with Gasteiger partial charge in [0.2, 0.25) is 0 Å². The third-order valence-corrected chi connectivity index (χ3v) is 4.96. The number of amides is 3. The van der Waals surface area contributed by atoms with Crippen molar-refractivity contribution in [3.63, 3.8) is 0 Å². The van der Waals surface area contributed by atoms with Crippen LogP contribution in [0.3, 0.4) is 0 Å². The summed E-state index contributed by atoms with van der Waals surface area (Å²) in [5.74, 6) is -2.85. The number of imide groups is 1. The normalized spacial score (nSPS) is 18.1. The molecule has 1 saturated heterocycles. The second kappa shape index (κ2) is 8.26. The van der Waals surface area contributed by atoms with E-state index in [1.807, 2.05) is 0 Å². The summed E-state index contributed by atoms with van der Waals surface area (Å²) < 4.78 is 0. The van der Waals surface area contributed by atoms with Crippen LogP contribution in [-0.4, -0.2) is 41.2 Å². The van der Waals surface area contributed by atoms with Gasteiger partial charge in [-0.05, 0) is 37.1 Å². The Kier molecular flexibility index (Phi) is 6.16. The molecule has 8 heteroatoms. The standard InChI is InChI=1S/C20H16N2O5.K/c23-17(21-11-5-10-16(21)20(26)27)14-8-3-4-9-15(14)22-18(24)12-6-1-2-7-13(12)19(22)25;/h1-4,6-9,16H,5,10-11H2,(H,26,27);/q;+1/p-1/t16-;/m0./s1. The third-order valence-electron chi connectivity index (χ3n) is 4.96. The summed E-state index contributed by atoms with van der Waals surface area (Å²) in [6.07, 6.45) is 0.878. The van der Waals surface area contributed by atoms with Crippen molar-refractivity contribution in [3.05, 3.63) is 65.2 Å². The fourth-order valence-corrected chi connectivity index (χ4v) is 3.67. The second-order valence-corrected chi connectivity index (χ2v) is 6.48. The van der Waals surface area contributed by atoms with Gasteiger partial charge in [-0.1, -0.05) is 24.3 Å². The topological polar surface area (TPSA) is 97.8 Å². The number of fused-ring (bicyclic) bond motifs is 1. The zero-order valence-corrected chi connectivity index (χ0v) is 18.4. The first kappa shape index (κ1) is 20.9. The number of para-hydroxylation sites is 1. The zero-order chi connectivity index (χ0) is 19.1. The molecule has 3 amide bonds. The molecule has 2 aromatic carbocycles. The molecule has 2 aliphatic heterocycles. The Balaban J connectivity index is 0.00000225. The summed E-state index contributed by atoms with van der Waals surface area (Å²) in [5, 5.41) is 11.3. The van der Waals surface area contributed by atoms with Gasteiger partial charge in [-0.15, -0.1) is 0 Å². The van der Waals surface area contributed by atoms with Crippen LogP contribution in [0.1, 0.15) is 43.9 Å². The van der Waals surface area contributed by atoms with Crippen molar-refractivity contribution in [2.24, 2.45) is 0 Å². The van der Waals surface area contributed by atoms with Gasteiger partial charge in [-0.2, -0.15) is 0 Å². The van der Waals surface area contributed by atoms with E-state index in [2.05, 4.69) is 0 Å². The molecule has 0 unspecified atom stereocenters. The Hall–Kier alpha value is -1.84. The molecule has 2 aliphatic rings. The maximum atomic E-state index is 13.0. The summed E-state index contributed by atoms with van der Waals surface area (Å²) in [5.41, 5.74) is 0.815. The van der Waals surface area contributed by atoms with Crippen LogP contribution in [0.25, 0.3) is 0 Å². The number of likely N-dealkylation sites (tertiary alicyclic amines) is 1. The zero-order valence-electron chi connectivity index (χ0n) is 15.3. The van der Waals surface area contributed by atoms with Gasteiger partial charge in [-0.3, -0.25) is 14.4 Å². The molecule has 0 aromatic heterocycles. The van der Waals surface area contributed by atoms with Crippen LogP contribution >= 0.6 is 0 Å². The number of benzene rings is 2. The fraction of sp³-hybridized carbons (Fsp3) is 0.200. The summed E-state index contributed by atoms with van der Waals surface area (Å²) in [6.45, 7) is 0.286. The first-order valence-corrected chi connectivity index (χ1v) is 8.59. The summed E-state index contributed by atoms with van der Waals surface area (Å²) in [7, 11) is 0. The minimum Gasteiger partial charge on any atom is -0.548 e. The van der Waals surface area contributed by atoms with Gasteiger partial charge in [0, 0.05) is 6.54 Å². The molecule has 2 heterocycles. The molecule has 0 spiro atoms. The predicted octanol–water partition coefficient (Wildman–Crippen LogP) is -2.15. The number of aliphatic carboxylic acids is 1. The molecule has 2 aromatic rings. The van der Waals surface area contributed by atoms with Crippen molar-refractivity contribution in [2.45, 2.75) is 18.9 Å². The van der Waals surface area contributed by atoms with Crippen molar-refractivity contribution >= 4 is 29.4 Å². The number of carbonyl (C=O) groups excluding carboxylic acids is 4. The van der Waals surface area contributed by atoms with E-state index in [-0.39, 0.29) is 80.3 Å². The van der Waals surface area contributed by atoms with Crippen molar-refractivity contribution in [1.29, 1.82) is 0 Å².